The molecule has 2 aromatic rings. The topological polar surface area (TPSA) is 78.9 Å². The van der Waals surface area contributed by atoms with Gasteiger partial charge in [-0.05, 0) is 24.6 Å². The first-order valence-electron chi connectivity index (χ1n) is 8.01. The first kappa shape index (κ1) is 16.1. The Kier molecular flexibility index (Phi) is 3.61. The minimum atomic E-state index is -1.93. The maximum Gasteiger partial charge on any atom is 0.347 e. The van der Waals surface area contributed by atoms with Crippen LogP contribution in [0.2, 0.25) is 0 Å². The number of hydrogen-bond donors (Lipinski definition) is 0. The van der Waals surface area contributed by atoms with Gasteiger partial charge in [-0.2, -0.15) is 0 Å². The van der Waals surface area contributed by atoms with Gasteiger partial charge in [-0.15, -0.1) is 0 Å². The van der Waals surface area contributed by atoms with Crippen molar-refractivity contribution in [2.24, 2.45) is 0 Å². The molecule has 0 N–H and O–H groups in total. The number of benzene rings is 2. The number of ether oxygens (including phenoxy) is 3. The van der Waals surface area contributed by atoms with Crippen molar-refractivity contribution >= 4 is 17.7 Å². The van der Waals surface area contributed by atoms with Gasteiger partial charge in [0.05, 0.1) is 11.1 Å². The number of Topliss-reactive ketones (excluding diaryl/α,β-unsaturated/α-hetero) is 1. The van der Waals surface area contributed by atoms with Crippen LogP contribution < -0.4 is 0 Å². The van der Waals surface area contributed by atoms with Crippen molar-refractivity contribution in [2.45, 2.75) is 19.3 Å². The van der Waals surface area contributed by atoms with Crippen LogP contribution in [0.5, 0.6) is 0 Å². The van der Waals surface area contributed by atoms with E-state index in [0.717, 1.165) is 5.56 Å². The van der Waals surface area contributed by atoms with Crippen LogP contribution >= 0.6 is 0 Å². The molecule has 0 aromatic heterocycles. The fourth-order valence-electron chi connectivity index (χ4n) is 3.10. The van der Waals surface area contributed by atoms with Crippen LogP contribution in [0.1, 0.15) is 28.4 Å². The van der Waals surface area contributed by atoms with Gasteiger partial charge in [0.1, 0.15) is 17.9 Å². The number of rotatable bonds is 3. The van der Waals surface area contributed by atoms with Crippen LogP contribution in [-0.2, 0) is 36.2 Å². The van der Waals surface area contributed by atoms with E-state index in [1.54, 1.807) is 36.4 Å². The van der Waals surface area contributed by atoms with Crippen LogP contribution in [-0.4, -0.2) is 17.7 Å². The molecule has 26 heavy (non-hydrogen) atoms. The Morgan fingerprint density at radius 1 is 1.00 bits per heavy atom. The normalized spacial score (nSPS) is 20.8. The molecular formula is C20H14O6. The molecule has 6 nitrogen and oxygen atoms in total. The zero-order chi connectivity index (χ0) is 18.3. The number of fused-ring (bicyclic) bond motifs is 2. The van der Waals surface area contributed by atoms with Crippen LogP contribution in [0, 0.1) is 0 Å². The SMILES string of the molecule is CC1=C(C(=O)OCc2ccccc2)C(=O)C2(OC(=O)c3ccccc32)O1. The maximum atomic E-state index is 12.9. The molecule has 0 amide bonds. The molecule has 0 fully saturated rings. The van der Waals surface area contributed by atoms with Crippen LogP contribution in [0.15, 0.2) is 65.9 Å². The molecule has 4 rings (SSSR count). The smallest absolute Gasteiger partial charge is 0.347 e. The van der Waals surface area contributed by atoms with Gasteiger partial charge in [-0.3, -0.25) is 4.79 Å². The minimum absolute atomic E-state index is 0.0209. The second-order valence-electron chi connectivity index (χ2n) is 5.98. The van der Waals surface area contributed by atoms with Gasteiger partial charge in [-0.1, -0.05) is 42.5 Å². The molecular weight excluding hydrogens is 336 g/mol. The highest BCUT2D eigenvalue weighted by Gasteiger charge is 2.60. The number of ketones is 1. The van der Waals surface area contributed by atoms with Gasteiger partial charge in [0.25, 0.3) is 5.78 Å². The van der Waals surface area contributed by atoms with Crippen LogP contribution in [0.25, 0.3) is 0 Å². The first-order chi connectivity index (χ1) is 12.5. The van der Waals surface area contributed by atoms with Crippen molar-refractivity contribution in [3.63, 3.8) is 0 Å². The zero-order valence-corrected chi connectivity index (χ0v) is 13.9. The van der Waals surface area contributed by atoms with Crippen molar-refractivity contribution < 1.29 is 28.6 Å². The lowest BCUT2D eigenvalue weighted by Gasteiger charge is -2.21. The van der Waals surface area contributed by atoms with Gasteiger partial charge < -0.3 is 14.2 Å². The third-order valence-corrected chi connectivity index (χ3v) is 4.33. The molecule has 0 bridgehead atoms. The third-order valence-electron chi connectivity index (χ3n) is 4.33. The quantitative estimate of drug-likeness (QED) is 0.625. The van der Waals surface area contributed by atoms with E-state index in [2.05, 4.69) is 0 Å². The summed E-state index contributed by atoms with van der Waals surface area (Å²) in [6.45, 7) is 1.49. The Bertz CT molecular complexity index is 959. The van der Waals surface area contributed by atoms with E-state index < -0.39 is 23.5 Å². The van der Waals surface area contributed by atoms with E-state index in [4.69, 9.17) is 14.2 Å². The number of carbonyl (C=O) groups excluding carboxylic acids is 3. The van der Waals surface area contributed by atoms with E-state index >= 15 is 0 Å². The van der Waals surface area contributed by atoms with E-state index in [0.29, 0.717) is 5.56 Å². The Morgan fingerprint density at radius 3 is 2.46 bits per heavy atom. The summed E-state index contributed by atoms with van der Waals surface area (Å²) < 4.78 is 16.1. The lowest BCUT2D eigenvalue weighted by atomic mass is 9.96. The van der Waals surface area contributed by atoms with Crippen molar-refractivity contribution in [3.05, 3.63) is 82.6 Å². The number of allylic oxidation sites excluding steroid dienone is 1. The summed E-state index contributed by atoms with van der Waals surface area (Å²) in [5.41, 5.74) is 1.08. The van der Waals surface area contributed by atoms with Crippen LogP contribution in [0.4, 0.5) is 0 Å². The largest absolute Gasteiger partial charge is 0.457 e. The van der Waals surface area contributed by atoms with E-state index in [9.17, 15) is 14.4 Å². The number of hydrogen-bond acceptors (Lipinski definition) is 6. The Hall–Kier alpha value is -3.41. The standard InChI is InChI=1S/C20H14O6/c1-12-16(19(23)24-11-13-7-3-2-4-8-13)17(21)20(25-12)15-10-6-5-9-14(15)18(22)26-20/h2-10H,11H2,1H3. The summed E-state index contributed by atoms with van der Waals surface area (Å²) in [6, 6.07) is 15.5. The predicted molar refractivity (Wildman–Crippen MR) is 88.6 cm³/mol. The van der Waals surface area contributed by atoms with E-state index in [1.807, 2.05) is 18.2 Å². The second kappa shape index (κ2) is 5.84. The molecule has 0 saturated carbocycles. The molecule has 6 heteroatoms. The van der Waals surface area contributed by atoms with Gasteiger partial charge in [0.2, 0.25) is 0 Å². The molecule has 0 radical (unpaired) electrons. The maximum absolute atomic E-state index is 12.9. The molecule has 1 unspecified atom stereocenters. The zero-order valence-electron chi connectivity index (χ0n) is 13.9. The molecule has 1 spiro atoms. The van der Waals surface area contributed by atoms with Crippen molar-refractivity contribution in [3.8, 4) is 0 Å². The fourth-order valence-corrected chi connectivity index (χ4v) is 3.10. The molecule has 0 saturated heterocycles. The van der Waals surface area contributed by atoms with E-state index in [-0.39, 0.29) is 23.5 Å². The van der Waals surface area contributed by atoms with Gasteiger partial charge in [0, 0.05) is 0 Å². The molecule has 2 heterocycles. The van der Waals surface area contributed by atoms with Crippen molar-refractivity contribution in [1.29, 1.82) is 0 Å². The average molecular weight is 350 g/mol. The van der Waals surface area contributed by atoms with Crippen LogP contribution in [0.3, 0.4) is 0 Å². The monoisotopic (exact) mass is 350 g/mol. The number of carbonyl (C=O) groups is 3. The first-order valence-corrected chi connectivity index (χ1v) is 8.01. The molecule has 2 aliphatic heterocycles. The average Bonchev–Trinajstić information content (AvgIpc) is 3.08. The summed E-state index contributed by atoms with van der Waals surface area (Å²) >= 11 is 0. The lowest BCUT2D eigenvalue weighted by Crippen LogP contribution is -2.36. The Balaban J connectivity index is 1.60. The lowest BCUT2D eigenvalue weighted by molar-refractivity contribution is -0.178. The Labute approximate surface area is 149 Å². The molecule has 0 aliphatic carbocycles. The fraction of sp³-hybridized carbons (Fsp3) is 0.150. The highest BCUT2D eigenvalue weighted by molar-refractivity contribution is 6.23. The minimum Gasteiger partial charge on any atom is -0.457 e. The van der Waals surface area contributed by atoms with Gasteiger partial charge in [-0.25, -0.2) is 9.59 Å². The van der Waals surface area contributed by atoms with E-state index in [1.165, 1.54) is 6.92 Å². The summed E-state index contributed by atoms with van der Waals surface area (Å²) in [5, 5.41) is 0. The van der Waals surface area contributed by atoms with Crippen molar-refractivity contribution in [1.82, 2.24) is 0 Å². The highest BCUT2D eigenvalue weighted by Crippen LogP contribution is 2.46. The molecule has 2 aromatic carbocycles. The third kappa shape index (κ3) is 2.30. The summed E-state index contributed by atoms with van der Waals surface area (Å²) in [4.78, 5) is 37.5. The summed E-state index contributed by atoms with van der Waals surface area (Å²) in [6.07, 6.45) is 0. The second-order valence-corrected chi connectivity index (χ2v) is 5.98. The predicted octanol–water partition coefficient (Wildman–Crippen LogP) is 2.63. The van der Waals surface area contributed by atoms with Gasteiger partial charge in [0.15, 0.2) is 0 Å². The summed E-state index contributed by atoms with van der Waals surface area (Å²) in [5.74, 6) is -4.07. The number of esters is 2. The molecule has 130 valence electrons. The van der Waals surface area contributed by atoms with Crippen molar-refractivity contribution in [2.75, 3.05) is 0 Å². The Morgan fingerprint density at radius 2 is 1.69 bits per heavy atom. The summed E-state index contributed by atoms with van der Waals surface area (Å²) in [7, 11) is 0. The highest BCUT2D eigenvalue weighted by atomic mass is 16.7. The van der Waals surface area contributed by atoms with Gasteiger partial charge >= 0.3 is 17.7 Å². The molecule has 2 aliphatic rings. The molecule has 1 atom stereocenters.